The van der Waals surface area contributed by atoms with Crippen LogP contribution in [0.3, 0.4) is 0 Å². The van der Waals surface area contributed by atoms with E-state index >= 15 is 0 Å². The fraction of sp³-hybridized carbons (Fsp3) is 0.412. The van der Waals surface area contributed by atoms with Gasteiger partial charge in [-0.2, -0.15) is 0 Å². The summed E-state index contributed by atoms with van der Waals surface area (Å²) in [6.07, 6.45) is 8.01. The van der Waals surface area contributed by atoms with Gasteiger partial charge in [0.2, 0.25) is 5.91 Å². The number of nitrogens with one attached hydrogen (secondary N) is 1. The number of nitrogens with zero attached hydrogens (tertiary/aromatic N) is 1. The number of halogens is 2. The molecule has 1 N–H and O–H groups in total. The van der Waals surface area contributed by atoms with Crippen molar-refractivity contribution in [3.63, 3.8) is 0 Å². The molecule has 1 aliphatic carbocycles. The molecule has 2 aromatic rings. The van der Waals surface area contributed by atoms with Crippen LogP contribution in [0.15, 0.2) is 24.4 Å². The number of benzene rings is 1. The zero-order valence-electron chi connectivity index (χ0n) is 12.6. The summed E-state index contributed by atoms with van der Waals surface area (Å²) in [5.41, 5.74) is 1.00. The second-order valence-corrected chi connectivity index (χ2v) is 7.83. The standard InChI is InChI=1S/C17H18Cl2N2OS/c18-13-7-6-12(15(19)9-13)8-14-10-20-17(23-14)21-16(22)11-4-2-1-3-5-11/h6-7,9-11H,1-5,8H2,(H,20,21,22). The Morgan fingerprint density at radius 2 is 2.04 bits per heavy atom. The summed E-state index contributed by atoms with van der Waals surface area (Å²) in [6, 6.07) is 5.49. The predicted octanol–water partition coefficient (Wildman–Crippen LogP) is 5.56. The first-order chi connectivity index (χ1) is 11.1. The van der Waals surface area contributed by atoms with Gasteiger partial charge in [-0.3, -0.25) is 4.79 Å². The van der Waals surface area contributed by atoms with Crippen LogP contribution in [0, 0.1) is 5.92 Å². The molecule has 1 aliphatic rings. The van der Waals surface area contributed by atoms with Crippen LogP contribution in [0.1, 0.15) is 42.5 Å². The molecule has 3 nitrogen and oxygen atoms in total. The highest BCUT2D eigenvalue weighted by molar-refractivity contribution is 7.15. The lowest BCUT2D eigenvalue weighted by Gasteiger charge is -2.19. The molecule has 23 heavy (non-hydrogen) atoms. The highest BCUT2D eigenvalue weighted by Gasteiger charge is 2.21. The summed E-state index contributed by atoms with van der Waals surface area (Å²) in [4.78, 5) is 17.6. The van der Waals surface area contributed by atoms with Crippen LogP contribution >= 0.6 is 34.5 Å². The molecule has 3 rings (SSSR count). The molecule has 1 fully saturated rings. The lowest BCUT2D eigenvalue weighted by molar-refractivity contribution is -0.120. The van der Waals surface area contributed by atoms with Gasteiger partial charge in [0, 0.05) is 33.5 Å². The Hall–Kier alpha value is -1.10. The van der Waals surface area contributed by atoms with Gasteiger partial charge >= 0.3 is 0 Å². The van der Waals surface area contributed by atoms with Crippen LogP contribution in [0.5, 0.6) is 0 Å². The SMILES string of the molecule is O=C(Nc1ncc(Cc2ccc(Cl)cc2Cl)s1)C1CCCCC1. The number of rotatable bonds is 4. The Balaban J connectivity index is 1.62. The third-order valence-electron chi connectivity index (χ3n) is 4.14. The van der Waals surface area contributed by atoms with Crippen molar-refractivity contribution < 1.29 is 4.79 Å². The van der Waals surface area contributed by atoms with Gasteiger partial charge in [0.05, 0.1) is 0 Å². The summed E-state index contributed by atoms with van der Waals surface area (Å²) >= 11 is 13.6. The summed E-state index contributed by atoms with van der Waals surface area (Å²) < 4.78 is 0. The molecule has 0 saturated heterocycles. The molecule has 0 radical (unpaired) electrons. The van der Waals surface area contributed by atoms with Gasteiger partial charge in [0.15, 0.2) is 5.13 Å². The van der Waals surface area contributed by atoms with E-state index in [2.05, 4.69) is 10.3 Å². The van der Waals surface area contributed by atoms with Crippen LogP contribution in [0.2, 0.25) is 10.0 Å². The zero-order valence-corrected chi connectivity index (χ0v) is 15.0. The van der Waals surface area contributed by atoms with Crippen molar-refractivity contribution in [1.82, 2.24) is 4.98 Å². The molecule has 1 amide bonds. The summed E-state index contributed by atoms with van der Waals surface area (Å²) in [5.74, 6) is 0.247. The van der Waals surface area contributed by atoms with E-state index in [9.17, 15) is 4.79 Å². The van der Waals surface area contributed by atoms with Crippen LogP contribution < -0.4 is 5.32 Å². The third-order valence-corrected chi connectivity index (χ3v) is 5.64. The molecule has 122 valence electrons. The lowest BCUT2D eigenvalue weighted by Crippen LogP contribution is -2.24. The maximum Gasteiger partial charge on any atom is 0.229 e. The minimum absolute atomic E-state index is 0.107. The Bertz CT molecular complexity index is 696. The second kappa shape index (κ2) is 7.65. The molecule has 0 spiro atoms. The minimum Gasteiger partial charge on any atom is -0.302 e. The van der Waals surface area contributed by atoms with E-state index in [4.69, 9.17) is 23.2 Å². The zero-order chi connectivity index (χ0) is 16.2. The van der Waals surface area contributed by atoms with Crippen molar-refractivity contribution in [2.45, 2.75) is 38.5 Å². The number of thiazole rings is 1. The van der Waals surface area contributed by atoms with E-state index in [0.717, 1.165) is 36.1 Å². The molecule has 0 bridgehead atoms. The molecule has 0 aliphatic heterocycles. The first-order valence-electron chi connectivity index (χ1n) is 7.81. The van der Waals surface area contributed by atoms with Gasteiger partial charge < -0.3 is 5.32 Å². The van der Waals surface area contributed by atoms with Crippen molar-refractivity contribution in [3.05, 3.63) is 44.9 Å². The number of hydrogen-bond acceptors (Lipinski definition) is 3. The van der Waals surface area contributed by atoms with Crippen LogP contribution in [-0.4, -0.2) is 10.9 Å². The van der Waals surface area contributed by atoms with Crippen molar-refractivity contribution in [3.8, 4) is 0 Å². The normalized spacial score (nSPS) is 15.6. The van der Waals surface area contributed by atoms with Crippen molar-refractivity contribution in [1.29, 1.82) is 0 Å². The number of anilines is 1. The molecule has 1 saturated carbocycles. The van der Waals surface area contributed by atoms with E-state index < -0.39 is 0 Å². The molecular weight excluding hydrogens is 351 g/mol. The van der Waals surface area contributed by atoms with Gasteiger partial charge in [-0.25, -0.2) is 4.98 Å². The quantitative estimate of drug-likeness (QED) is 0.767. The smallest absolute Gasteiger partial charge is 0.229 e. The van der Waals surface area contributed by atoms with Gasteiger partial charge in [0.25, 0.3) is 0 Å². The van der Waals surface area contributed by atoms with Crippen molar-refractivity contribution >= 4 is 45.6 Å². The van der Waals surface area contributed by atoms with E-state index in [0.29, 0.717) is 21.6 Å². The Morgan fingerprint density at radius 1 is 1.26 bits per heavy atom. The monoisotopic (exact) mass is 368 g/mol. The fourth-order valence-electron chi connectivity index (χ4n) is 2.87. The summed E-state index contributed by atoms with van der Waals surface area (Å²) in [7, 11) is 0. The second-order valence-electron chi connectivity index (χ2n) is 5.87. The number of aromatic nitrogens is 1. The maximum atomic E-state index is 12.2. The summed E-state index contributed by atoms with van der Waals surface area (Å²) in [5, 5.41) is 4.90. The molecule has 1 aromatic carbocycles. The molecule has 1 aromatic heterocycles. The van der Waals surface area contributed by atoms with Crippen LogP contribution in [0.25, 0.3) is 0 Å². The van der Waals surface area contributed by atoms with Crippen LogP contribution in [-0.2, 0) is 11.2 Å². The highest BCUT2D eigenvalue weighted by Crippen LogP contribution is 2.28. The fourth-order valence-corrected chi connectivity index (χ4v) is 4.19. The number of hydrogen-bond donors (Lipinski definition) is 1. The summed E-state index contributed by atoms with van der Waals surface area (Å²) in [6.45, 7) is 0. The topological polar surface area (TPSA) is 42.0 Å². The van der Waals surface area contributed by atoms with Gasteiger partial charge in [-0.15, -0.1) is 11.3 Å². The Morgan fingerprint density at radius 3 is 2.78 bits per heavy atom. The van der Waals surface area contributed by atoms with Gasteiger partial charge in [-0.1, -0.05) is 48.5 Å². The first-order valence-corrected chi connectivity index (χ1v) is 9.38. The van der Waals surface area contributed by atoms with Gasteiger partial charge in [-0.05, 0) is 30.5 Å². The maximum absolute atomic E-state index is 12.2. The molecule has 0 unspecified atom stereocenters. The van der Waals surface area contributed by atoms with E-state index in [1.54, 1.807) is 12.3 Å². The minimum atomic E-state index is 0.107. The molecule has 1 heterocycles. The highest BCUT2D eigenvalue weighted by atomic mass is 35.5. The van der Waals surface area contributed by atoms with Crippen molar-refractivity contribution in [2.24, 2.45) is 5.92 Å². The average Bonchev–Trinajstić information content (AvgIpc) is 2.98. The number of carbonyl (C=O) groups excluding carboxylic acids is 1. The average molecular weight is 369 g/mol. The molecule has 6 heteroatoms. The van der Waals surface area contributed by atoms with E-state index in [1.807, 2.05) is 12.1 Å². The molecular formula is C17H18Cl2N2OS. The largest absolute Gasteiger partial charge is 0.302 e. The van der Waals surface area contributed by atoms with Gasteiger partial charge in [0.1, 0.15) is 0 Å². The third kappa shape index (κ3) is 4.46. The Kier molecular flexibility index (Phi) is 5.57. The first kappa shape index (κ1) is 16.7. The number of amides is 1. The molecule has 0 atom stereocenters. The number of carbonyl (C=O) groups is 1. The van der Waals surface area contributed by atoms with Crippen molar-refractivity contribution in [2.75, 3.05) is 5.32 Å². The van der Waals surface area contributed by atoms with E-state index in [1.165, 1.54) is 17.8 Å². The predicted molar refractivity (Wildman–Crippen MR) is 96.6 cm³/mol. The lowest BCUT2D eigenvalue weighted by atomic mass is 9.89. The van der Waals surface area contributed by atoms with Crippen LogP contribution in [0.4, 0.5) is 5.13 Å². The van der Waals surface area contributed by atoms with E-state index in [-0.39, 0.29) is 11.8 Å². The Labute approximate surface area is 150 Å².